The number of rotatable bonds is 5. The summed E-state index contributed by atoms with van der Waals surface area (Å²) < 4.78 is 32.7. The number of aromatic nitrogens is 1. The van der Waals surface area contributed by atoms with Crippen LogP contribution in [0.3, 0.4) is 0 Å². The first-order valence-corrected chi connectivity index (χ1v) is 9.58. The summed E-state index contributed by atoms with van der Waals surface area (Å²) in [6.07, 6.45) is 1.08. The molecule has 0 spiro atoms. The van der Waals surface area contributed by atoms with Crippen molar-refractivity contribution >= 4 is 5.82 Å². The minimum atomic E-state index is -0.645. The van der Waals surface area contributed by atoms with Gasteiger partial charge in [-0.2, -0.15) is 0 Å². The zero-order valence-electron chi connectivity index (χ0n) is 15.9. The van der Waals surface area contributed by atoms with E-state index in [0.717, 1.165) is 22.6 Å². The first-order chi connectivity index (χ1) is 14.1. The Morgan fingerprint density at radius 2 is 1.66 bits per heavy atom. The summed E-state index contributed by atoms with van der Waals surface area (Å²) in [7, 11) is 0. The summed E-state index contributed by atoms with van der Waals surface area (Å²) in [5.74, 6) is 0.186. The van der Waals surface area contributed by atoms with Crippen molar-refractivity contribution in [3.05, 3.63) is 83.9 Å². The monoisotopic (exact) mass is 396 g/mol. The Bertz CT molecular complexity index is 953. The fourth-order valence-corrected chi connectivity index (χ4v) is 3.72. The van der Waals surface area contributed by atoms with Crippen LogP contribution in [0, 0.1) is 11.6 Å². The van der Waals surface area contributed by atoms with Crippen molar-refractivity contribution in [1.29, 1.82) is 0 Å². The van der Waals surface area contributed by atoms with Gasteiger partial charge in [0, 0.05) is 25.1 Å². The standard InChI is InChI=1S/C23H22F2N2O2/c24-19-8-4-17(5-9-19)21-2-1-3-22(26-21)27-14-12-23(13-15-28,29-16-27)18-6-10-20(25)11-7-18/h1-11,28H,12-16H2. The average Bonchev–Trinajstić information content (AvgIpc) is 2.75. The third-order valence-corrected chi connectivity index (χ3v) is 5.37. The van der Waals surface area contributed by atoms with E-state index in [9.17, 15) is 13.9 Å². The van der Waals surface area contributed by atoms with E-state index in [1.54, 1.807) is 24.3 Å². The SMILES string of the molecule is OCCC1(c2ccc(F)cc2)CCN(c2cccc(-c3ccc(F)cc3)n2)CO1. The van der Waals surface area contributed by atoms with Gasteiger partial charge in [0.15, 0.2) is 0 Å². The number of anilines is 1. The number of aliphatic hydroxyl groups excluding tert-OH is 1. The van der Waals surface area contributed by atoms with Gasteiger partial charge in [0.25, 0.3) is 0 Å². The van der Waals surface area contributed by atoms with Gasteiger partial charge in [-0.25, -0.2) is 13.8 Å². The first kappa shape index (κ1) is 19.5. The molecule has 1 N–H and O–H groups in total. The van der Waals surface area contributed by atoms with Crippen molar-refractivity contribution in [3.8, 4) is 11.3 Å². The van der Waals surface area contributed by atoms with Crippen molar-refractivity contribution in [2.75, 3.05) is 24.8 Å². The minimum Gasteiger partial charge on any atom is -0.396 e. The lowest BCUT2D eigenvalue weighted by Gasteiger charge is -2.42. The third-order valence-electron chi connectivity index (χ3n) is 5.37. The van der Waals surface area contributed by atoms with Gasteiger partial charge in [0.2, 0.25) is 0 Å². The number of nitrogens with zero attached hydrogens (tertiary/aromatic N) is 2. The second kappa shape index (κ2) is 8.27. The summed E-state index contributed by atoms with van der Waals surface area (Å²) in [4.78, 5) is 6.72. The van der Waals surface area contributed by atoms with Crippen LogP contribution < -0.4 is 4.90 Å². The maximum Gasteiger partial charge on any atom is 0.131 e. The Morgan fingerprint density at radius 3 is 2.28 bits per heavy atom. The summed E-state index contributed by atoms with van der Waals surface area (Å²) >= 11 is 0. The smallest absolute Gasteiger partial charge is 0.131 e. The van der Waals surface area contributed by atoms with E-state index in [4.69, 9.17) is 9.72 Å². The fourth-order valence-electron chi connectivity index (χ4n) is 3.72. The highest BCUT2D eigenvalue weighted by Gasteiger charge is 2.37. The molecule has 4 nitrogen and oxygen atoms in total. The van der Waals surface area contributed by atoms with Crippen LogP contribution in [0.4, 0.5) is 14.6 Å². The largest absolute Gasteiger partial charge is 0.396 e. The van der Waals surface area contributed by atoms with Crippen LogP contribution in [0.25, 0.3) is 11.3 Å². The minimum absolute atomic E-state index is 0.0182. The number of ether oxygens (including phenoxy) is 1. The molecule has 0 saturated carbocycles. The number of hydrogen-bond acceptors (Lipinski definition) is 4. The molecule has 1 fully saturated rings. The molecule has 0 amide bonds. The number of pyridine rings is 1. The van der Waals surface area contributed by atoms with Gasteiger partial charge in [-0.3, -0.25) is 0 Å². The molecule has 2 heterocycles. The lowest BCUT2D eigenvalue weighted by Crippen LogP contribution is -2.45. The van der Waals surface area contributed by atoms with E-state index in [-0.39, 0.29) is 18.2 Å². The molecular weight excluding hydrogens is 374 g/mol. The molecule has 1 unspecified atom stereocenters. The maximum absolute atomic E-state index is 13.3. The highest BCUT2D eigenvalue weighted by molar-refractivity contribution is 5.61. The van der Waals surface area contributed by atoms with Crippen LogP contribution in [0.2, 0.25) is 0 Å². The molecule has 29 heavy (non-hydrogen) atoms. The first-order valence-electron chi connectivity index (χ1n) is 9.58. The third kappa shape index (κ3) is 4.13. The summed E-state index contributed by atoms with van der Waals surface area (Å²) in [6, 6.07) is 18.2. The van der Waals surface area contributed by atoms with E-state index in [0.29, 0.717) is 26.1 Å². The van der Waals surface area contributed by atoms with Gasteiger partial charge < -0.3 is 14.7 Å². The van der Waals surface area contributed by atoms with Crippen LogP contribution in [-0.2, 0) is 10.3 Å². The van der Waals surface area contributed by atoms with E-state index < -0.39 is 5.60 Å². The van der Waals surface area contributed by atoms with E-state index >= 15 is 0 Å². The molecule has 150 valence electrons. The molecule has 6 heteroatoms. The summed E-state index contributed by atoms with van der Waals surface area (Å²) in [6.45, 7) is 0.962. The van der Waals surface area contributed by atoms with Crippen LogP contribution in [0.15, 0.2) is 66.7 Å². The predicted molar refractivity (Wildman–Crippen MR) is 107 cm³/mol. The van der Waals surface area contributed by atoms with E-state index in [1.165, 1.54) is 24.3 Å². The Morgan fingerprint density at radius 1 is 0.966 bits per heavy atom. The van der Waals surface area contributed by atoms with Crippen molar-refractivity contribution in [2.45, 2.75) is 18.4 Å². The molecule has 2 aromatic carbocycles. The number of hydrogen-bond donors (Lipinski definition) is 1. The van der Waals surface area contributed by atoms with Crippen molar-refractivity contribution in [2.24, 2.45) is 0 Å². The van der Waals surface area contributed by atoms with E-state index in [1.807, 2.05) is 23.1 Å². The second-order valence-electron chi connectivity index (χ2n) is 7.15. The van der Waals surface area contributed by atoms with Gasteiger partial charge in [-0.1, -0.05) is 18.2 Å². The Balaban J connectivity index is 1.53. The van der Waals surface area contributed by atoms with Gasteiger partial charge in [0.1, 0.15) is 24.2 Å². The van der Waals surface area contributed by atoms with Crippen molar-refractivity contribution in [3.63, 3.8) is 0 Å². The molecule has 1 aliphatic heterocycles. The van der Waals surface area contributed by atoms with Crippen LogP contribution in [0.5, 0.6) is 0 Å². The Kier molecular flexibility index (Phi) is 5.56. The molecule has 1 atom stereocenters. The second-order valence-corrected chi connectivity index (χ2v) is 7.15. The Hall–Kier alpha value is -2.83. The van der Waals surface area contributed by atoms with Gasteiger partial charge in [-0.15, -0.1) is 0 Å². The molecule has 0 radical (unpaired) electrons. The van der Waals surface area contributed by atoms with Crippen molar-refractivity contribution < 1.29 is 18.6 Å². The molecule has 3 aromatic rings. The highest BCUT2D eigenvalue weighted by Crippen LogP contribution is 2.37. The highest BCUT2D eigenvalue weighted by atomic mass is 19.1. The molecular formula is C23H22F2N2O2. The number of aliphatic hydroxyl groups is 1. The molecule has 1 aliphatic rings. The lowest BCUT2D eigenvalue weighted by atomic mass is 9.86. The summed E-state index contributed by atoms with van der Waals surface area (Å²) in [5.41, 5.74) is 1.81. The average molecular weight is 396 g/mol. The number of benzene rings is 2. The van der Waals surface area contributed by atoms with Gasteiger partial charge in [0.05, 0.1) is 11.3 Å². The zero-order chi connectivity index (χ0) is 20.3. The predicted octanol–water partition coefficient (Wildman–Crippen LogP) is 4.49. The quantitative estimate of drug-likeness (QED) is 0.690. The molecule has 0 aliphatic carbocycles. The normalized spacial score (nSPS) is 19.3. The fraction of sp³-hybridized carbons (Fsp3) is 0.261. The van der Waals surface area contributed by atoms with Crippen LogP contribution in [0.1, 0.15) is 18.4 Å². The lowest BCUT2D eigenvalue weighted by molar-refractivity contribution is -0.0891. The maximum atomic E-state index is 13.3. The van der Waals surface area contributed by atoms with Crippen molar-refractivity contribution in [1.82, 2.24) is 4.98 Å². The zero-order valence-corrected chi connectivity index (χ0v) is 15.9. The molecule has 1 aromatic heterocycles. The van der Waals surface area contributed by atoms with Gasteiger partial charge in [-0.05, 0) is 60.5 Å². The van der Waals surface area contributed by atoms with Crippen LogP contribution >= 0.6 is 0 Å². The van der Waals surface area contributed by atoms with E-state index in [2.05, 4.69) is 0 Å². The van der Waals surface area contributed by atoms with Gasteiger partial charge >= 0.3 is 0 Å². The number of halogens is 2. The van der Waals surface area contributed by atoms with Crippen LogP contribution in [-0.4, -0.2) is 30.0 Å². The Labute approximate surface area is 168 Å². The molecule has 0 bridgehead atoms. The topological polar surface area (TPSA) is 45.6 Å². The summed E-state index contributed by atoms with van der Waals surface area (Å²) in [5, 5.41) is 9.56. The molecule has 1 saturated heterocycles. The molecule has 4 rings (SSSR count).